The predicted octanol–water partition coefficient (Wildman–Crippen LogP) is 2.97. The van der Waals surface area contributed by atoms with E-state index < -0.39 is 0 Å². The van der Waals surface area contributed by atoms with Gasteiger partial charge in [-0.15, -0.1) is 0 Å². The number of hydrogen-bond acceptors (Lipinski definition) is 6. The van der Waals surface area contributed by atoms with E-state index in [0.29, 0.717) is 30.3 Å². The molecule has 0 aliphatic heterocycles. The number of aromatic nitrogens is 3. The molecule has 3 rings (SSSR count). The fourth-order valence-electron chi connectivity index (χ4n) is 2.14. The lowest BCUT2D eigenvalue weighted by atomic mass is 10.2. The molecule has 0 fully saturated rings. The van der Waals surface area contributed by atoms with Crippen molar-refractivity contribution in [1.29, 1.82) is 5.26 Å². The summed E-state index contributed by atoms with van der Waals surface area (Å²) in [7, 11) is 0. The second-order valence-electron chi connectivity index (χ2n) is 5.05. The second kappa shape index (κ2) is 7.70. The van der Waals surface area contributed by atoms with E-state index in [9.17, 15) is 5.26 Å². The van der Waals surface area contributed by atoms with Gasteiger partial charge < -0.3 is 10.6 Å². The first-order valence-electron chi connectivity index (χ1n) is 7.54. The third-order valence-corrected chi connectivity index (χ3v) is 3.36. The van der Waals surface area contributed by atoms with Crippen molar-refractivity contribution < 1.29 is 0 Å². The number of rotatable bonds is 6. The van der Waals surface area contributed by atoms with Crippen LogP contribution in [0.2, 0.25) is 0 Å². The van der Waals surface area contributed by atoms with Gasteiger partial charge >= 0.3 is 0 Å². The molecule has 118 valence electrons. The molecule has 0 bridgehead atoms. The summed E-state index contributed by atoms with van der Waals surface area (Å²) in [5, 5.41) is 15.6. The third-order valence-electron chi connectivity index (χ3n) is 3.36. The molecule has 0 spiro atoms. The van der Waals surface area contributed by atoms with Gasteiger partial charge in [-0.1, -0.05) is 12.1 Å². The Kier molecular flexibility index (Phi) is 4.95. The quantitative estimate of drug-likeness (QED) is 0.727. The lowest BCUT2D eigenvalue weighted by molar-refractivity contribution is 1.01. The van der Waals surface area contributed by atoms with Gasteiger partial charge in [0, 0.05) is 12.4 Å². The van der Waals surface area contributed by atoms with Crippen molar-refractivity contribution in [3.63, 3.8) is 0 Å². The van der Waals surface area contributed by atoms with Crippen molar-refractivity contribution >= 4 is 11.6 Å². The minimum absolute atomic E-state index is 0.495. The Morgan fingerprint density at radius 1 is 0.833 bits per heavy atom. The van der Waals surface area contributed by atoms with Crippen molar-refractivity contribution in [2.24, 2.45) is 0 Å². The molecule has 6 heteroatoms. The van der Waals surface area contributed by atoms with Crippen molar-refractivity contribution in [2.75, 3.05) is 10.6 Å². The second-order valence-corrected chi connectivity index (χ2v) is 5.05. The molecule has 0 saturated heterocycles. The molecular formula is C18H16N6. The van der Waals surface area contributed by atoms with Crippen LogP contribution in [-0.2, 0) is 13.1 Å². The van der Waals surface area contributed by atoms with E-state index in [1.54, 1.807) is 24.5 Å². The van der Waals surface area contributed by atoms with E-state index in [2.05, 4.69) is 31.7 Å². The van der Waals surface area contributed by atoms with Crippen LogP contribution in [0.4, 0.5) is 11.6 Å². The number of nitrogens with one attached hydrogen (secondary N) is 2. The summed E-state index contributed by atoms with van der Waals surface area (Å²) in [5.74, 6) is 1.22. The fourth-order valence-corrected chi connectivity index (χ4v) is 2.14. The Morgan fingerprint density at radius 3 is 2.08 bits per heavy atom. The topological polar surface area (TPSA) is 86.5 Å². The summed E-state index contributed by atoms with van der Waals surface area (Å²) < 4.78 is 0. The van der Waals surface area contributed by atoms with Crippen LogP contribution < -0.4 is 10.6 Å². The van der Waals surface area contributed by atoms with Crippen molar-refractivity contribution in [1.82, 2.24) is 15.0 Å². The van der Waals surface area contributed by atoms with Crippen LogP contribution in [0.25, 0.3) is 0 Å². The zero-order valence-electron chi connectivity index (χ0n) is 13.0. The molecule has 0 aliphatic carbocycles. The maximum absolute atomic E-state index is 9.24. The smallest absolute Gasteiger partial charge is 0.146 e. The van der Waals surface area contributed by atoms with Crippen LogP contribution >= 0.6 is 0 Å². The van der Waals surface area contributed by atoms with Gasteiger partial charge in [0.1, 0.15) is 17.7 Å². The van der Waals surface area contributed by atoms with Crippen LogP contribution in [0.5, 0.6) is 0 Å². The number of hydrogen-bond donors (Lipinski definition) is 2. The van der Waals surface area contributed by atoms with Crippen LogP contribution in [-0.4, -0.2) is 15.0 Å². The standard InChI is InChI=1S/C18H16N6/c19-11-14-7-8-17(22-12-15-5-1-3-9-20-15)24-18(14)23-13-16-6-2-4-10-21-16/h1-10H,12-13H2,(H2,22,23,24). The zero-order chi connectivity index (χ0) is 16.6. The summed E-state index contributed by atoms with van der Waals surface area (Å²) in [6.45, 7) is 1.08. The SMILES string of the molecule is N#Cc1ccc(NCc2ccccn2)nc1NCc1ccccn1. The first-order valence-corrected chi connectivity index (χ1v) is 7.54. The highest BCUT2D eigenvalue weighted by Gasteiger charge is 2.06. The van der Waals surface area contributed by atoms with Gasteiger partial charge in [0.05, 0.1) is 30.0 Å². The molecular weight excluding hydrogens is 300 g/mol. The van der Waals surface area contributed by atoms with E-state index in [1.807, 2.05) is 36.4 Å². The maximum Gasteiger partial charge on any atom is 0.146 e. The Balaban J connectivity index is 1.69. The molecule has 3 aromatic heterocycles. The molecule has 0 saturated carbocycles. The van der Waals surface area contributed by atoms with Gasteiger partial charge in [0.15, 0.2) is 0 Å². The Labute approximate surface area is 140 Å². The minimum Gasteiger partial charge on any atom is -0.364 e. The van der Waals surface area contributed by atoms with Gasteiger partial charge in [0.2, 0.25) is 0 Å². The van der Waals surface area contributed by atoms with E-state index >= 15 is 0 Å². The first kappa shape index (κ1) is 15.4. The van der Waals surface area contributed by atoms with E-state index in [1.165, 1.54) is 0 Å². The van der Waals surface area contributed by atoms with Crippen LogP contribution in [0.1, 0.15) is 17.0 Å². The maximum atomic E-state index is 9.24. The molecule has 0 atom stereocenters. The molecule has 0 aliphatic rings. The summed E-state index contributed by atoms with van der Waals surface area (Å²) in [4.78, 5) is 13.0. The molecule has 2 N–H and O–H groups in total. The highest BCUT2D eigenvalue weighted by molar-refractivity contribution is 5.56. The van der Waals surface area contributed by atoms with Gasteiger partial charge in [-0.2, -0.15) is 5.26 Å². The molecule has 0 unspecified atom stereocenters. The molecule has 3 aromatic rings. The summed E-state index contributed by atoms with van der Waals surface area (Å²) in [6.07, 6.45) is 3.49. The van der Waals surface area contributed by atoms with E-state index in [-0.39, 0.29) is 0 Å². The molecule has 0 amide bonds. The van der Waals surface area contributed by atoms with E-state index in [0.717, 1.165) is 11.4 Å². The van der Waals surface area contributed by atoms with Crippen molar-refractivity contribution in [3.8, 4) is 6.07 Å². The Hall–Kier alpha value is -3.46. The molecule has 3 heterocycles. The molecule has 0 aromatic carbocycles. The average Bonchev–Trinajstić information content (AvgIpc) is 2.66. The average molecular weight is 316 g/mol. The van der Waals surface area contributed by atoms with Crippen molar-refractivity contribution in [2.45, 2.75) is 13.1 Å². The molecule has 6 nitrogen and oxygen atoms in total. The zero-order valence-corrected chi connectivity index (χ0v) is 13.0. The van der Waals surface area contributed by atoms with Crippen LogP contribution in [0.15, 0.2) is 60.9 Å². The number of anilines is 2. The lowest BCUT2D eigenvalue weighted by Gasteiger charge is -2.10. The van der Waals surface area contributed by atoms with Gasteiger partial charge in [-0.25, -0.2) is 4.98 Å². The molecule has 0 radical (unpaired) electrons. The lowest BCUT2D eigenvalue weighted by Crippen LogP contribution is -2.08. The number of pyridine rings is 3. The highest BCUT2D eigenvalue weighted by atomic mass is 15.1. The van der Waals surface area contributed by atoms with E-state index in [4.69, 9.17) is 0 Å². The van der Waals surface area contributed by atoms with Gasteiger partial charge in [0.25, 0.3) is 0 Å². The normalized spacial score (nSPS) is 9.96. The highest BCUT2D eigenvalue weighted by Crippen LogP contribution is 2.16. The Bertz CT molecular complexity index is 827. The summed E-state index contributed by atoms with van der Waals surface area (Å²) in [6, 6.07) is 17.1. The number of nitriles is 1. The predicted molar refractivity (Wildman–Crippen MR) is 92.1 cm³/mol. The van der Waals surface area contributed by atoms with Crippen LogP contribution in [0.3, 0.4) is 0 Å². The first-order chi connectivity index (χ1) is 11.8. The minimum atomic E-state index is 0.495. The largest absolute Gasteiger partial charge is 0.364 e. The third kappa shape index (κ3) is 4.05. The molecule has 24 heavy (non-hydrogen) atoms. The summed E-state index contributed by atoms with van der Waals surface area (Å²) in [5.41, 5.74) is 2.30. The van der Waals surface area contributed by atoms with Gasteiger partial charge in [-0.3, -0.25) is 9.97 Å². The summed E-state index contributed by atoms with van der Waals surface area (Å²) >= 11 is 0. The van der Waals surface area contributed by atoms with Crippen molar-refractivity contribution in [3.05, 3.63) is 77.9 Å². The number of nitrogens with zero attached hydrogens (tertiary/aromatic N) is 4. The van der Waals surface area contributed by atoms with Gasteiger partial charge in [-0.05, 0) is 36.4 Å². The fraction of sp³-hybridized carbons (Fsp3) is 0.111. The van der Waals surface area contributed by atoms with Crippen LogP contribution in [0, 0.1) is 11.3 Å². The monoisotopic (exact) mass is 316 g/mol. The Morgan fingerprint density at radius 2 is 1.50 bits per heavy atom.